The highest BCUT2D eigenvalue weighted by Gasteiger charge is 2.19. The zero-order valence-electron chi connectivity index (χ0n) is 35.4. The van der Waals surface area contributed by atoms with Crippen molar-refractivity contribution in [2.45, 2.75) is 0 Å². The van der Waals surface area contributed by atoms with Crippen molar-refractivity contribution < 1.29 is 29.4 Å². The summed E-state index contributed by atoms with van der Waals surface area (Å²) in [7, 11) is 0. The van der Waals surface area contributed by atoms with E-state index in [9.17, 15) is 6.85 Å². The smallest absolute Gasteiger partial charge is 0.145 e. The van der Waals surface area contributed by atoms with E-state index >= 15 is 0 Å². The average Bonchev–Trinajstić information content (AvgIpc) is 3.81. The molecule has 0 aliphatic heterocycles. The van der Waals surface area contributed by atoms with Gasteiger partial charge in [-0.2, -0.15) is 0 Å². The lowest BCUT2D eigenvalue weighted by molar-refractivity contribution is 0.618. The highest BCUT2D eigenvalue weighted by Crippen LogP contribution is 2.46. The number of hydrogen-bond acceptors (Lipinski definition) is 2. The fourth-order valence-electron chi connectivity index (χ4n) is 5.61. The van der Waals surface area contributed by atoms with E-state index in [0.717, 1.165) is 5.39 Å². The summed E-state index contributed by atoms with van der Waals surface area (Å²) in [5.41, 5.74) is 0.907. The van der Waals surface area contributed by atoms with Gasteiger partial charge >= 0.3 is 0 Å². The number of hydrogen-bond donors (Lipinski definition) is 0. The fraction of sp³-hybridized carbons (Fsp3) is 0. The van der Waals surface area contributed by atoms with E-state index in [1.807, 2.05) is 6.07 Å². The van der Waals surface area contributed by atoms with Crippen LogP contribution in [0.25, 0.3) is 87.5 Å². The molecule has 0 N–H and O–H groups in total. The topological polar surface area (TPSA) is 26.3 Å². The van der Waals surface area contributed by atoms with Gasteiger partial charge < -0.3 is 8.83 Å². The van der Waals surface area contributed by atoms with E-state index in [-0.39, 0.29) is 38.2 Å². The molecule has 7 aromatic carbocycles. The summed E-state index contributed by atoms with van der Waals surface area (Å²) >= 11 is 0. The average molecular weight is 526 g/mol. The van der Waals surface area contributed by atoms with Gasteiger partial charge in [0.2, 0.25) is 0 Å². The molecular formula is C38H22O2. The molecule has 0 unspecified atom stereocenters. The van der Waals surface area contributed by atoms with Crippen molar-refractivity contribution in [3.05, 3.63) is 133 Å². The van der Waals surface area contributed by atoms with Crippen molar-refractivity contribution in [2.75, 3.05) is 0 Å². The van der Waals surface area contributed by atoms with Gasteiger partial charge in [-0.05, 0) is 84.9 Å². The second kappa shape index (κ2) is 8.08. The molecule has 0 fully saturated rings. The number of fused-ring (bicyclic) bond motifs is 8. The molecule has 9 aromatic rings. The number of benzene rings is 7. The van der Waals surface area contributed by atoms with Gasteiger partial charge in [0, 0.05) is 10.8 Å². The summed E-state index contributed by atoms with van der Waals surface area (Å²) in [6.45, 7) is 0. The van der Waals surface area contributed by atoms with Crippen LogP contribution in [0.15, 0.2) is 142 Å². The predicted octanol–water partition coefficient (Wildman–Crippen LogP) is 11.1. The fourth-order valence-corrected chi connectivity index (χ4v) is 5.61. The van der Waals surface area contributed by atoms with E-state index in [1.54, 1.807) is 30.3 Å². The molecule has 0 amide bonds. The minimum atomic E-state index is -0.763. The predicted molar refractivity (Wildman–Crippen MR) is 167 cm³/mol. The molecule has 2 nitrogen and oxygen atoms in total. The van der Waals surface area contributed by atoms with Gasteiger partial charge in [0.05, 0.1) is 32.2 Å². The van der Waals surface area contributed by atoms with E-state index in [0.29, 0.717) is 27.5 Å². The SMILES string of the molecule is [2H]c1c([2H])c([2H])c2c(-c3c4c([2H])c([2H])c([2H])c([2H])c4c(-c4ccc5oc6ccc7ccoc7c6c5c4)c4c([2H])c([2H])c([2H])c([2H])c34)c([2H])c([2H])c([2H])c2c1[2H]. The van der Waals surface area contributed by atoms with E-state index in [4.69, 9.17) is 22.5 Å². The first-order chi connectivity index (χ1) is 26.1. The van der Waals surface area contributed by atoms with E-state index in [2.05, 4.69) is 0 Å². The summed E-state index contributed by atoms with van der Waals surface area (Å²) < 4.78 is 145. The molecule has 0 saturated heterocycles. The largest absolute Gasteiger partial charge is 0.464 e. The summed E-state index contributed by atoms with van der Waals surface area (Å²) in [5.74, 6) is 0. The third kappa shape index (κ3) is 2.93. The van der Waals surface area contributed by atoms with Crippen LogP contribution in [0, 0.1) is 0 Å². The first kappa shape index (κ1) is 11.8. The van der Waals surface area contributed by atoms with E-state index < -0.39 is 107 Å². The van der Waals surface area contributed by atoms with Gasteiger partial charge in [-0.15, -0.1) is 0 Å². The molecule has 0 aliphatic carbocycles. The summed E-state index contributed by atoms with van der Waals surface area (Å²) in [4.78, 5) is 0. The quantitative estimate of drug-likeness (QED) is 0.210. The lowest BCUT2D eigenvalue weighted by Crippen LogP contribution is -1.91. The minimum absolute atomic E-state index is 0.00318. The van der Waals surface area contributed by atoms with Crippen LogP contribution in [0.2, 0.25) is 0 Å². The summed E-state index contributed by atoms with van der Waals surface area (Å²) in [6, 6.07) is -0.0203. The van der Waals surface area contributed by atoms with E-state index in [1.165, 1.54) is 6.26 Å². The maximum absolute atomic E-state index is 9.30. The van der Waals surface area contributed by atoms with Crippen LogP contribution in [0.1, 0.15) is 20.6 Å². The molecule has 0 atom stereocenters. The molecule has 0 aliphatic rings. The second-order valence-electron chi connectivity index (χ2n) is 9.34. The van der Waals surface area contributed by atoms with Crippen molar-refractivity contribution in [1.29, 1.82) is 0 Å². The third-order valence-electron chi connectivity index (χ3n) is 7.28. The molecular weight excluding hydrogens is 488 g/mol. The normalized spacial score (nSPS) is 17.2. The maximum atomic E-state index is 9.30. The van der Waals surface area contributed by atoms with Crippen molar-refractivity contribution >= 4 is 65.2 Å². The molecule has 0 saturated carbocycles. The molecule has 0 bridgehead atoms. The Morgan fingerprint density at radius 3 is 1.93 bits per heavy atom. The van der Waals surface area contributed by atoms with Gasteiger partial charge in [0.25, 0.3) is 0 Å². The molecule has 0 radical (unpaired) electrons. The van der Waals surface area contributed by atoms with Crippen LogP contribution in [-0.4, -0.2) is 0 Å². The Kier molecular flexibility index (Phi) is 2.39. The highest BCUT2D eigenvalue weighted by molar-refractivity contribution is 6.24. The number of furan rings is 2. The monoisotopic (exact) mass is 525 g/mol. The lowest BCUT2D eigenvalue weighted by atomic mass is 9.84. The lowest BCUT2D eigenvalue weighted by Gasteiger charge is -2.18. The Morgan fingerprint density at radius 2 is 1.15 bits per heavy atom. The minimum Gasteiger partial charge on any atom is -0.464 e. The van der Waals surface area contributed by atoms with Crippen LogP contribution in [-0.2, 0) is 0 Å². The van der Waals surface area contributed by atoms with Crippen LogP contribution in [0.4, 0.5) is 0 Å². The van der Waals surface area contributed by atoms with Gasteiger partial charge in [-0.3, -0.25) is 0 Å². The maximum Gasteiger partial charge on any atom is 0.145 e. The van der Waals surface area contributed by atoms with Crippen molar-refractivity contribution in [3.8, 4) is 22.3 Å². The summed E-state index contributed by atoms with van der Waals surface area (Å²) in [5, 5.41) is 0.0374. The first-order valence-corrected chi connectivity index (χ1v) is 12.4. The molecule has 0 spiro atoms. The Morgan fingerprint density at radius 1 is 0.500 bits per heavy atom. The van der Waals surface area contributed by atoms with Gasteiger partial charge in [-0.1, -0.05) is 96.7 Å². The van der Waals surface area contributed by atoms with Crippen molar-refractivity contribution in [1.82, 2.24) is 0 Å². The molecule has 2 heterocycles. The molecule has 2 heteroatoms. The van der Waals surface area contributed by atoms with Gasteiger partial charge in [-0.25, -0.2) is 0 Å². The van der Waals surface area contributed by atoms with Crippen LogP contribution >= 0.6 is 0 Å². The Labute approximate surface area is 250 Å². The molecule has 40 heavy (non-hydrogen) atoms. The number of rotatable bonds is 2. The van der Waals surface area contributed by atoms with Crippen LogP contribution < -0.4 is 0 Å². The zero-order chi connectivity index (χ0) is 39.3. The van der Waals surface area contributed by atoms with Crippen LogP contribution in [0.5, 0.6) is 0 Å². The van der Waals surface area contributed by atoms with Gasteiger partial charge in [0.1, 0.15) is 16.7 Å². The second-order valence-corrected chi connectivity index (χ2v) is 9.34. The first-order valence-electron chi connectivity index (χ1n) is 19.9. The van der Waals surface area contributed by atoms with Crippen LogP contribution in [0.3, 0.4) is 0 Å². The highest BCUT2D eigenvalue weighted by atomic mass is 16.3. The third-order valence-corrected chi connectivity index (χ3v) is 7.28. The summed E-state index contributed by atoms with van der Waals surface area (Å²) in [6.07, 6.45) is 1.53. The zero-order valence-corrected chi connectivity index (χ0v) is 20.4. The molecule has 2 aromatic heterocycles. The molecule has 9 rings (SSSR count). The van der Waals surface area contributed by atoms with Gasteiger partial charge in [0.15, 0.2) is 0 Å². The standard InChI is InChI=1S/C38H22O2/c1-2-10-26-23(8-1)9-7-15-27(26)36-30-13-5-3-11-28(30)35(29-12-4-6-14-31(29)36)25-17-18-33-32(22-25)37-34(40-33)19-16-24-20-21-39-38(24)37/h1-22H/i1D,2D,3D,4D,5D,6D,7D,8D,9D,10D,11D,12D,13D,14D,15D. The van der Waals surface area contributed by atoms with Crippen molar-refractivity contribution in [3.63, 3.8) is 0 Å². The Bertz CT molecular complexity index is 3180. The Balaban J connectivity index is 1.61. The molecule has 186 valence electrons. The van der Waals surface area contributed by atoms with Crippen molar-refractivity contribution in [2.24, 2.45) is 0 Å². The Hall–Kier alpha value is -5.34.